The minimum Gasteiger partial charge on any atom is -0.326 e. The number of hydrogen-bond donors (Lipinski definition) is 0. The molecule has 2 unspecified atom stereocenters. The fourth-order valence-corrected chi connectivity index (χ4v) is 2.42. The van der Waals surface area contributed by atoms with Crippen LogP contribution in [0, 0.1) is 22.7 Å². The summed E-state index contributed by atoms with van der Waals surface area (Å²) in [7, 11) is 0. The number of aromatic nitrogens is 2. The number of rotatable bonds is 3. The van der Waals surface area contributed by atoms with Crippen LogP contribution in [-0.4, -0.2) is 9.55 Å². The highest BCUT2D eigenvalue weighted by molar-refractivity contribution is 6.20. The van der Waals surface area contributed by atoms with Crippen molar-refractivity contribution in [2.24, 2.45) is 11.3 Å². The molecule has 0 saturated heterocycles. The molecule has 1 aromatic heterocycles. The van der Waals surface area contributed by atoms with E-state index in [0.717, 1.165) is 23.4 Å². The van der Waals surface area contributed by atoms with Gasteiger partial charge in [-0.05, 0) is 36.5 Å². The zero-order valence-corrected chi connectivity index (χ0v) is 14.1. The van der Waals surface area contributed by atoms with Crippen molar-refractivity contribution in [3.05, 3.63) is 29.6 Å². The Kier molecular flexibility index (Phi) is 4.30. The van der Waals surface area contributed by atoms with Crippen LogP contribution in [0.1, 0.15) is 51.4 Å². The van der Waals surface area contributed by atoms with E-state index in [1.807, 2.05) is 19.1 Å². The molecule has 0 aliphatic carbocycles. The van der Waals surface area contributed by atoms with Crippen molar-refractivity contribution in [2.75, 3.05) is 0 Å². The summed E-state index contributed by atoms with van der Waals surface area (Å²) >= 11 is 6.30. The summed E-state index contributed by atoms with van der Waals surface area (Å²) in [5.74, 6) is 1.34. The third kappa shape index (κ3) is 3.22. The quantitative estimate of drug-likeness (QED) is 0.757. The van der Waals surface area contributed by atoms with Crippen molar-refractivity contribution < 1.29 is 0 Å². The third-order valence-electron chi connectivity index (χ3n) is 4.20. The van der Waals surface area contributed by atoms with Gasteiger partial charge in [-0.2, -0.15) is 5.26 Å². The molecule has 0 aliphatic rings. The van der Waals surface area contributed by atoms with E-state index in [1.54, 1.807) is 6.07 Å². The molecule has 0 radical (unpaired) electrons. The van der Waals surface area contributed by atoms with E-state index in [1.165, 1.54) is 0 Å². The fraction of sp³-hybridized carbons (Fsp3) is 0.529. The highest BCUT2D eigenvalue weighted by atomic mass is 35.5. The number of halogens is 1. The summed E-state index contributed by atoms with van der Waals surface area (Å²) in [6, 6.07) is 7.80. The summed E-state index contributed by atoms with van der Waals surface area (Å²) in [6.07, 6.45) is 0. The summed E-state index contributed by atoms with van der Waals surface area (Å²) in [4.78, 5) is 4.64. The standard InChI is InChI=1S/C17H22ClN3/c1-11(17(3,4)5)10-21-15-8-13(9-19)6-7-14(15)20-16(21)12(2)18/h6-8,11-12H,10H2,1-5H3. The first-order valence-electron chi connectivity index (χ1n) is 7.28. The molecule has 21 heavy (non-hydrogen) atoms. The van der Waals surface area contributed by atoms with Gasteiger partial charge in [0.1, 0.15) is 5.82 Å². The van der Waals surface area contributed by atoms with E-state index < -0.39 is 0 Å². The minimum absolute atomic E-state index is 0.157. The molecule has 2 rings (SSSR count). The zero-order chi connectivity index (χ0) is 15.8. The van der Waals surface area contributed by atoms with Gasteiger partial charge in [-0.1, -0.05) is 27.7 Å². The van der Waals surface area contributed by atoms with Crippen LogP contribution in [0.15, 0.2) is 18.2 Å². The average Bonchev–Trinajstić information content (AvgIpc) is 2.76. The topological polar surface area (TPSA) is 41.6 Å². The zero-order valence-electron chi connectivity index (χ0n) is 13.3. The maximum atomic E-state index is 9.11. The predicted molar refractivity (Wildman–Crippen MR) is 87.3 cm³/mol. The van der Waals surface area contributed by atoms with Crippen LogP contribution in [-0.2, 0) is 6.54 Å². The van der Waals surface area contributed by atoms with Gasteiger partial charge in [0.15, 0.2) is 0 Å². The molecule has 2 atom stereocenters. The molecule has 0 spiro atoms. The number of fused-ring (bicyclic) bond motifs is 1. The summed E-state index contributed by atoms with van der Waals surface area (Å²) < 4.78 is 2.17. The molecular weight excluding hydrogens is 282 g/mol. The first-order valence-corrected chi connectivity index (χ1v) is 7.72. The molecular formula is C17H22ClN3. The maximum absolute atomic E-state index is 9.11. The Morgan fingerprint density at radius 3 is 2.52 bits per heavy atom. The van der Waals surface area contributed by atoms with Crippen LogP contribution in [0.5, 0.6) is 0 Å². The lowest BCUT2D eigenvalue weighted by Crippen LogP contribution is -2.23. The van der Waals surface area contributed by atoms with Crippen LogP contribution >= 0.6 is 11.6 Å². The lowest BCUT2D eigenvalue weighted by molar-refractivity contribution is 0.233. The highest BCUT2D eigenvalue weighted by Gasteiger charge is 2.23. The number of benzene rings is 1. The van der Waals surface area contributed by atoms with Crippen LogP contribution in [0.25, 0.3) is 11.0 Å². The molecule has 2 aromatic rings. The molecule has 3 nitrogen and oxygen atoms in total. The number of alkyl halides is 1. The van der Waals surface area contributed by atoms with Crippen molar-refractivity contribution in [3.63, 3.8) is 0 Å². The molecule has 112 valence electrons. The number of hydrogen-bond acceptors (Lipinski definition) is 2. The van der Waals surface area contributed by atoms with E-state index in [-0.39, 0.29) is 10.8 Å². The van der Waals surface area contributed by atoms with Crippen molar-refractivity contribution >= 4 is 22.6 Å². The Balaban J connectivity index is 2.57. The van der Waals surface area contributed by atoms with E-state index in [2.05, 4.69) is 43.3 Å². The highest BCUT2D eigenvalue weighted by Crippen LogP contribution is 2.31. The third-order valence-corrected chi connectivity index (χ3v) is 4.39. The SMILES string of the molecule is CC(Cl)c1nc2ccc(C#N)cc2n1CC(C)C(C)(C)C. The van der Waals surface area contributed by atoms with E-state index in [4.69, 9.17) is 16.9 Å². The van der Waals surface area contributed by atoms with Gasteiger partial charge in [0.05, 0.1) is 28.0 Å². The van der Waals surface area contributed by atoms with Crippen LogP contribution in [0.3, 0.4) is 0 Å². The summed E-state index contributed by atoms with van der Waals surface area (Å²) in [5.41, 5.74) is 2.75. The van der Waals surface area contributed by atoms with Crippen molar-refractivity contribution in [1.82, 2.24) is 9.55 Å². The first kappa shape index (κ1) is 15.9. The van der Waals surface area contributed by atoms with Crippen LogP contribution in [0.4, 0.5) is 0 Å². The molecule has 4 heteroatoms. The lowest BCUT2D eigenvalue weighted by atomic mass is 9.82. The second-order valence-corrected chi connectivity index (χ2v) is 7.43. The normalized spacial score (nSPS) is 14.9. The smallest absolute Gasteiger partial charge is 0.127 e. The second-order valence-electron chi connectivity index (χ2n) is 6.78. The van der Waals surface area contributed by atoms with Crippen molar-refractivity contribution in [2.45, 2.75) is 46.5 Å². The molecule has 0 amide bonds. The second kappa shape index (κ2) is 5.69. The van der Waals surface area contributed by atoms with Gasteiger partial charge in [-0.3, -0.25) is 0 Å². The van der Waals surface area contributed by atoms with Gasteiger partial charge < -0.3 is 4.57 Å². The maximum Gasteiger partial charge on any atom is 0.127 e. The Bertz CT molecular complexity index is 686. The average molecular weight is 304 g/mol. The van der Waals surface area contributed by atoms with Gasteiger partial charge in [0, 0.05) is 6.54 Å². The van der Waals surface area contributed by atoms with Gasteiger partial charge in [-0.15, -0.1) is 11.6 Å². The van der Waals surface area contributed by atoms with Gasteiger partial charge in [0.25, 0.3) is 0 Å². The number of nitriles is 1. The molecule has 0 saturated carbocycles. The van der Waals surface area contributed by atoms with Crippen LogP contribution < -0.4 is 0 Å². The van der Waals surface area contributed by atoms with E-state index in [0.29, 0.717) is 11.5 Å². The Morgan fingerprint density at radius 1 is 1.33 bits per heavy atom. The van der Waals surface area contributed by atoms with E-state index in [9.17, 15) is 0 Å². The van der Waals surface area contributed by atoms with Crippen molar-refractivity contribution in [1.29, 1.82) is 5.26 Å². The predicted octanol–water partition coefficient (Wildman–Crippen LogP) is 4.89. The lowest BCUT2D eigenvalue weighted by Gasteiger charge is -2.28. The van der Waals surface area contributed by atoms with Gasteiger partial charge in [0.2, 0.25) is 0 Å². The molecule has 0 fully saturated rings. The number of imidazole rings is 1. The van der Waals surface area contributed by atoms with Crippen molar-refractivity contribution in [3.8, 4) is 6.07 Å². The Morgan fingerprint density at radius 2 is 2.00 bits per heavy atom. The molecule has 0 aliphatic heterocycles. The molecule has 0 bridgehead atoms. The first-order chi connectivity index (χ1) is 9.74. The molecule has 1 heterocycles. The summed E-state index contributed by atoms with van der Waals surface area (Å²) in [6.45, 7) is 11.7. The number of nitrogens with zero attached hydrogens (tertiary/aromatic N) is 3. The summed E-state index contributed by atoms with van der Waals surface area (Å²) in [5, 5.41) is 8.95. The van der Waals surface area contributed by atoms with E-state index >= 15 is 0 Å². The molecule has 0 N–H and O–H groups in total. The van der Waals surface area contributed by atoms with Crippen LogP contribution in [0.2, 0.25) is 0 Å². The van der Waals surface area contributed by atoms with Gasteiger partial charge in [-0.25, -0.2) is 4.98 Å². The Hall–Kier alpha value is -1.53. The monoisotopic (exact) mass is 303 g/mol. The molecule has 1 aromatic carbocycles. The fourth-order valence-electron chi connectivity index (χ4n) is 2.25. The van der Waals surface area contributed by atoms with Gasteiger partial charge >= 0.3 is 0 Å². The largest absolute Gasteiger partial charge is 0.326 e. The minimum atomic E-state index is -0.157. The Labute approximate surface area is 131 Å².